The topological polar surface area (TPSA) is 68.3 Å². The van der Waals surface area contributed by atoms with Crippen LogP contribution in [0.4, 0.5) is 0 Å². The first-order valence-corrected chi connectivity index (χ1v) is 4.45. The highest BCUT2D eigenvalue weighted by Gasteiger charge is 2.08. The monoisotopic (exact) mass is 208 g/mol. The molecule has 1 N–H and O–H groups in total. The Kier molecular flexibility index (Phi) is 4.28. The largest absolute Gasteiger partial charge is 0.469 e. The van der Waals surface area contributed by atoms with E-state index < -0.39 is 5.97 Å². The fourth-order valence-electron chi connectivity index (χ4n) is 0.969. The maximum Gasteiger partial charge on any atom is 0.315 e. The number of nitrogens with one attached hydrogen (secondary N) is 1. The van der Waals surface area contributed by atoms with Gasteiger partial charge in [0.1, 0.15) is 6.42 Å². The lowest BCUT2D eigenvalue weighted by Gasteiger charge is -2.03. The number of hydrogen-bond acceptors (Lipinski definition) is 4. The van der Waals surface area contributed by atoms with Gasteiger partial charge in [-0.25, -0.2) is 0 Å². The lowest BCUT2D eigenvalue weighted by molar-refractivity contribution is -0.143. The second-order valence-electron chi connectivity index (χ2n) is 2.89. The van der Waals surface area contributed by atoms with Crippen LogP contribution in [-0.4, -0.2) is 24.0 Å². The van der Waals surface area contributed by atoms with Crippen molar-refractivity contribution in [1.29, 1.82) is 0 Å². The Hall–Kier alpha value is -1.91. The average Bonchev–Trinajstić information content (AvgIpc) is 2.27. The fraction of sp³-hybridized carbons (Fsp3) is 0.300. The van der Waals surface area contributed by atoms with Crippen LogP contribution in [0.2, 0.25) is 0 Å². The molecule has 1 heterocycles. The summed E-state index contributed by atoms with van der Waals surface area (Å²) in [6.45, 7) is 0.365. The lowest BCUT2D eigenvalue weighted by atomic mass is 10.3. The van der Waals surface area contributed by atoms with E-state index in [4.69, 9.17) is 0 Å². The van der Waals surface area contributed by atoms with Gasteiger partial charge in [0, 0.05) is 18.9 Å². The van der Waals surface area contributed by atoms with Crippen molar-refractivity contribution in [2.24, 2.45) is 0 Å². The van der Waals surface area contributed by atoms with Crippen LogP contribution in [0.1, 0.15) is 12.0 Å². The first kappa shape index (κ1) is 11.2. The van der Waals surface area contributed by atoms with Crippen molar-refractivity contribution < 1.29 is 14.3 Å². The number of ether oxygens (including phenoxy) is 1. The molecule has 0 aliphatic carbocycles. The van der Waals surface area contributed by atoms with Gasteiger partial charge in [-0.2, -0.15) is 0 Å². The molecule has 0 bridgehead atoms. The second kappa shape index (κ2) is 5.74. The van der Waals surface area contributed by atoms with Crippen LogP contribution in [0.3, 0.4) is 0 Å². The highest BCUT2D eigenvalue weighted by molar-refractivity contribution is 5.94. The zero-order valence-corrected chi connectivity index (χ0v) is 8.40. The van der Waals surface area contributed by atoms with Crippen LogP contribution in [0.5, 0.6) is 0 Å². The van der Waals surface area contributed by atoms with E-state index in [0.717, 1.165) is 5.56 Å². The molecule has 0 saturated carbocycles. The molecule has 0 aliphatic rings. The maximum absolute atomic E-state index is 11.2. The van der Waals surface area contributed by atoms with Crippen molar-refractivity contribution in [2.75, 3.05) is 7.11 Å². The van der Waals surface area contributed by atoms with Gasteiger partial charge in [0.05, 0.1) is 7.11 Å². The third kappa shape index (κ3) is 4.21. The summed E-state index contributed by atoms with van der Waals surface area (Å²) in [7, 11) is 1.25. The minimum Gasteiger partial charge on any atom is -0.469 e. The quantitative estimate of drug-likeness (QED) is 0.569. The number of nitrogens with zero attached hydrogens (tertiary/aromatic N) is 1. The van der Waals surface area contributed by atoms with Gasteiger partial charge in [-0.1, -0.05) is 6.07 Å². The molecule has 5 nitrogen and oxygen atoms in total. The molecular formula is C10H12N2O3. The van der Waals surface area contributed by atoms with Crippen LogP contribution in [0.25, 0.3) is 0 Å². The summed E-state index contributed by atoms with van der Waals surface area (Å²) in [6.07, 6.45) is 3.05. The molecule has 0 spiro atoms. The van der Waals surface area contributed by atoms with Gasteiger partial charge in [0.25, 0.3) is 0 Å². The molecule has 1 rings (SSSR count). The van der Waals surface area contributed by atoms with Gasteiger partial charge < -0.3 is 10.1 Å². The number of esters is 1. The molecule has 0 saturated heterocycles. The Morgan fingerprint density at radius 2 is 2.33 bits per heavy atom. The molecule has 0 aromatic carbocycles. The molecule has 0 aliphatic heterocycles. The Morgan fingerprint density at radius 1 is 1.53 bits per heavy atom. The van der Waals surface area contributed by atoms with E-state index >= 15 is 0 Å². The number of aromatic nitrogens is 1. The minimum absolute atomic E-state index is 0.253. The number of pyridine rings is 1. The maximum atomic E-state index is 11.2. The van der Waals surface area contributed by atoms with Crippen LogP contribution >= 0.6 is 0 Å². The predicted molar refractivity (Wildman–Crippen MR) is 52.7 cm³/mol. The van der Waals surface area contributed by atoms with E-state index in [0.29, 0.717) is 6.54 Å². The van der Waals surface area contributed by atoms with E-state index in [-0.39, 0.29) is 12.3 Å². The fourth-order valence-corrected chi connectivity index (χ4v) is 0.969. The van der Waals surface area contributed by atoms with Crippen molar-refractivity contribution in [1.82, 2.24) is 10.3 Å². The van der Waals surface area contributed by atoms with Crippen molar-refractivity contribution in [3.8, 4) is 0 Å². The van der Waals surface area contributed by atoms with Gasteiger partial charge in [-0.3, -0.25) is 14.6 Å². The van der Waals surface area contributed by atoms with Gasteiger partial charge in [-0.05, 0) is 11.6 Å². The van der Waals surface area contributed by atoms with E-state index in [1.807, 2.05) is 6.07 Å². The number of carbonyl (C=O) groups is 2. The van der Waals surface area contributed by atoms with E-state index in [9.17, 15) is 9.59 Å². The number of amides is 1. The zero-order valence-electron chi connectivity index (χ0n) is 8.40. The number of hydrogen-bond donors (Lipinski definition) is 1. The van der Waals surface area contributed by atoms with Gasteiger partial charge in [0.15, 0.2) is 0 Å². The molecule has 1 aromatic heterocycles. The van der Waals surface area contributed by atoms with Crippen molar-refractivity contribution in [2.45, 2.75) is 13.0 Å². The Labute approximate surface area is 87.5 Å². The zero-order chi connectivity index (χ0) is 11.1. The SMILES string of the molecule is COC(=O)CC(=O)NCc1cccnc1. The molecule has 1 amide bonds. The van der Waals surface area contributed by atoms with E-state index in [1.165, 1.54) is 7.11 Å². The van der Waals surface area contributed by atoms with Gasteiger partial charge in [-0.15, -0.1) is 0 Å². The summed E-state index contributed by atoms with van der Waals surface area (Å²) < 4.78 is 4.36. The molecule has 0 fully saturated rings. The highest BCUT2D eigenvalue weighted by Crippen LogP contribution is 1.94. The highest BCUT2D eigenvalue weighted by atomic mass is 16.5. The summed E-state index contributed by atoms with van der Waals surface area (Å²) >= 11 is 0. The summed E-state index contributed by atoms with van der Waals surface area (Å²) in [5.41, 5.74) is 0.885. The number of rotatable bonds is 4. The van der Waals surface area contributed by atoms with Crippen LogP contribution in [0.15, 0.2) is 24.5 Å². The average molecular weight is 208 g/mol. The van der Waals surface area contributed by atoms with Crippen LogP contribution in [0, 0.1) is 0 Å². The first-order chi connectivity index (χ1) is 7.22. The van der Waals surface area contributed by atoms with Crippen LogP contribution in [-0.2, 0) is 20.9 Å². The van der Waals surface area contributed by atoms with Crippen molar-refractivity contribution in [3.63, 3.8) is 0 Å². The predicted octanol–water partition coefficient (Wildman–Crippen LogP) is 0.261. The molecule has 0 radical (unpaired) electrons. The van der Waals surface area contributed by atoms with E-state index in [2.05, 4.69) is 15.0 Å². The third-order valence-corrected chi connectivity index (χ3v) is 1.75. The number of methoxy groups -OCH3 is 1. The smallest absolute Gasteiger partial charge is 0.315 e. The van der Waals surface area contributed by atoms with Crippen molar-refractivity contribution >= 4 is 11.9 Å². The normalized spacial score (nSPS) is 9.40. The van der Waals surface area contributed by atoms with Gasteiger partial charge in [0.2, 0.25) is 5.91 Å². The molecule has 0 atom stereocenters. The third-order valence-electron chi connectivity index (χ3n) is 1.75. The van der Waals surface area contributed by atoms with E-state index in [1.54, 1.807) is 18.5 Å². The summed E-state index contributed by atoms with van der Waals surface area (Å²) in [4.78, 5) is 25.8. The summed E-state index contributed by atoms with van der Waals surface area (Å²) in [6, 6.07) is 3.62. The molecule has 0 unspecified atom stereocenters. The van der Waals surface area contributed by atoms with Crippen LogP contribution < -0.4 is 5.32 Å². The lowest BCUT2D eigenvalue weighted by Crippen LogP contribution is -2.25. The Bertz CT molecular complexity index is 338. The molecule has 1 aromatic rings. The molecule has 15 heavy (non-hydrogen) atoms. The van der Waals surface area contributed by atoms with Gasteiger partial charge >= 0.3 is 5.97 Å². The summed E-state index contributed by atoms with van der Waals surface area (Å²) in [5, 5.41) is 2.58. The molecule has 5 heteroatoms. The second-order valence-corrected chi connectivity index (χ2v) is 2.89. The Balaban J connectivity index is 2.32. The van der Waals surface area contributed by atoms with Crippen molar-refractivity contribution in [3.05, 3.63) is 30.1 Å². The molecule has 80 valence electrons. The Morgan fingerprint density at radius 3 is 2.93 bits per heavy atom. The minimum atomic E-state index is -0.543. The first-order valence-electron chi connectivity index (χ1n) is 4.45. The number of carbonyl (C=O) groups excluding carboxylic acids is 2. The molecular weight excluding hydrogens is 196 g/mol. The summed E-state index contributed by atoms with van der Waals surface area (Å²) in [5.74, 6) is -0.899. The standard InChI is InChI=1S/C10H12N2O3/c1-15-10(14)5-9(13)12-7-8-3-2-4-11-6-8/h2-4,6H,5,7H2,1H3,(H,12,13).